The normalized spacial score (nSPS) is 14.6. The fourth-order valence-corrected chi connectivity index (χ4v) is 1.76. The molecule has 0 aliphatic heterocycles. The predicted molar refractivity (Wildman–Crippen MR) is 72.3 cm³/mol. The maximum absolute atomic E-state index is 11.8. The molecule has 1 amide bonds. The van der Waals surface area contributed by atoms with Crippen molar-refractivity contribution in [1.82, 2.24) is 5.32 Å². The van der Waals surface area contributed by atoms with E-state index in [0.717, 1.165) is 12.8 Å². The summed E-state index contributed by atoms with van der Waals surface area (Å²) in [5, 5.41) is 12.1. The van der Waals surface area contributed by atoms with Crippen LogP contribution in [-0.2, 0) is 9.59 Å². The molecule has 0 heterocycles. The first-order chi connectivity index (χ1) is 8.27. The fraction of sp³-hybridized carbons (Fsp3) is 0.857. The monoisotopic (exact) mass is 257 g/mol. The van der Waals surface area contributed by atoms with Crippen molar-refractivity contribution in [1.29, 1.82) is 0 Å². The van der Waals surface area contributed by atoms with Gasteiger partial charge in [-0.1, -0.05) is 40.5 Å². The maximum atomic E-state index is 11.8. The summed E-state index contributed by atoms with van der Waals surface area (Å²) in [6.45, 7) is 10.1. The smallest absolute Gasteiger partial charge is 0.310 e. The van der Waals surface area contributed by atoms with E-state index in [-0.39, 0.29) is 18.2 Å². The van der Waals surface area contributed by atoms with Crippen LogP contribution in [-0.4, -0.2) is 23.5 Å². The number of rotatable bonds is 8. The van der Waals surface area contributed by atoms with E-state index in [4.69, 9.17) is 0 Å². The van der Waals surface area contributed by atoms with E-state index in [2.05, 4.69) is 19.2 Å². The van der Waals surface area contributed by atoms with Crippen LogP contribution >= 0.6 is 0 Å². The minimum absolute atomic E-state index is 0.0418. The molecule has 1 atom stereocenters. The summed E-state index contributed by atoms with van der Waals surface area (Å²) in [5.41, 5.74) is -0.988. The Labute approximate surface area is 110 Å². The third-order valence-electron chi connectivity index (χ3n) is 4.03. The number of hydrogen-bond donors (Lipinski definition) is 2. The molecule has 106 valence electrons. The Kier molecular flexibility index (Phi) is 6.96. The van der Waals surface area contributed by atoms with Crippen LogP contribution in [0.2, 0.25) is 0 Å². The molecule has 1 unspecified atom stereocenters. The molecule has 0 bridgehead atoms. The number of hydrogen-bond acceptors (Lipinski definition) is 2. The lowest BCUT2D eigenvalue weighted by molar-refractivity contribution is -0.153. The molecule has 0 aromatic carbocycles. The molecule has 4 heteroatoms. The Balaban J connectivity index is 4.41. The van der Waals surface area contributed by atoms with Crippen molar-refractivity contribution in [3.05, 3.63) is 0 Å². The van der Waals surface area contributed by atoms with Gasteiger partial charge < -0.3 is 10.4 Å². The molecule has 0 saturated carbocycles. The minimum Gasteiger partial charge on any atom is -0.481 e. The van der Waals surface area contributed by atoms with Gasteiger partial charge in [-0.2, -0.15) is 0 Å². The molecule has 0 fully saturated rings. The van der Waals surface area contributed by atoms with Crippen molar-refractivity contribution in [2.24, 2.45) is 17.3 Å². The molecule has 0 aromatic rings. The van der Waals surface area contributed by atoms with E-state index in [1.807, 2.05) is 13.8 Å². The second kappa shape index (κ2) is 7.39. The van der Waals surface area contributed by atoms with Gasteiger partial charge in [0.15, 0.2) is 0 Å². The van der Waals surface area contributed by atoms with Gasteiger partial charge in [-0.3, -0.25) is 9.59 Å². The first-order valence-corrected chi connectivity index (χ1v) is 6.77. The maximum Gasteiger partial charge on any atom is 0.310 e. The summed E-state index contributed by atoms with van der Waals surface area (Å²) in [6.07, 6.45) is 2.09. The van der Waals surface area contributed by atoms with Gasteiger partial charge >= 0.3 is 5.97 Å². The van der Waals surface area contributed by atoms with E-state index in [0.29, 0.717) is 12.5 Å². The molecule has 18 heavy (non-hydrogen) atoms. The second-order valence-electron chi connectivity index (χ2n) is 5.54. The topological polar surface area (TPSA) is 66.4 Å². The van der Waals surface area contributed by atoms with Crippen LogP contribution in [0.1, 0.15) is 53.9 Å². The van der Waals surface area contributed by atoms with E-state index >= 15 is 0 Å². The lowest BCUT2D eigenvalue weighted by atomic mass is 9.76. The lowest BCUT2D eigenvalue weighted by Gasteiger charge is -2.28. The predicted octanol–water partition coefficient (Wildman–Crippen LogP) is 2.68. The minimum atomic E-state index is -0.988. The quantitative estimate of drug-likeness (QED) is 0.702. The summed E-state index contributed by atoms with van der Waals surface area (Å²) < 4.78 is 0. The van der Waals surface area contributed by atoms with Gasteiger partial charge in [0.25, 0.3) is 0 Å². The highest BCUT2D eigenvalue weighted by molar-refractivity contribution is 5.84. The van der Waals surface area contributed by atoms with Crippen LogP contribution in [0, 0.1) is 17.3 Å². The second-order valence-corrected chi connectivity index (χ2v) is 5.54. The standard InChI is InChI=1S/C14H27NO3/c1-6-11(7-2)9-15-12(16)8-14(5,10(3)4)13(17)18/h10-11H,6-9H2,1-5H3,(H,15,16)(H,17,18). The highest BCUT2D eigenvalue weighted by Gasteiger charge is 2.38. The van der Waals surface area contributed by atoms with E-state index < -0.39 is 11.4 Å². The largest absolute Gasteiger partial charge is 0.481 e. The number of carboxylic acid groups (broad SMARTS) is 1. The molecule has 4 nitrogen and oxygen atoms in total. The van der Waals surface area contributed by atoms with Crippen LogP contribution in [0.25, 0.3) is 0 Å². The van der Waals surface area contributed by atoms with Crippen molar-refractivity contribution in [3.63, 3.8) is 0 Å². The Morgan fingerprint density at radius 1 is 1.22 bits per heavy atom. The van der Waals surface area contributed by atoms with E-state index in [1.165, 1.54) is 0 Å². The van der Waals surface area contributed by atoms with Gasteiger partial charge in [0.2, 0.25) is 5.91 Å². The van der Waals surface area contributed by atoms with Crippen LogP contribution in [0.15, 0.2) is 0 Å². The van der Waals surface area contributed by atoms with E-state index in [9.17, 15) is 14.7 Å². The highest BCUT2D eigenvalue weighted by atomic mass is 16.4. The molecular formula is C14H27NO3. The Morgan fingerprint density at radius 2 is 1.72 bits per heavy atom. The zero-order valence-corrected chi connectivity index (χ0v) is 12.2. The summed E-state index contributed by atoms with van der Waals surface area (Å²) in [5.74, 6) is -0.673. The van der Waals surface area contributed by atoms with Gasteiger partial charge in [-0.25, -0.2) is 0 Å². The average molecular weight is 257 g/mol. The Hall–Kier alpha value is -1.06. The number of carbonyl (C=O) groups excluding carboxylic acids is 1. The zero-order chi connectivity index (χ0) is 14.3. The summed E-state index contributed by atoms with van der Waals surface area (Å²) in [6, 6.07) is 0. The SMILES string of the molecule is CCC(CC)CNC(=O)CC(C)(C(=O)O)C(C)C. The summed E-state index contributed by atoms with van der Waals surface area (Å²) in [7, 11) is 0. The lowest BCUT2D eigenvalue weighted by Crippen LogP contribution is -2.40. The number of carbonyl (C=O) groups is 2. The van der Waals surface area contributed by atoms with Crippen molar-refractivity contribution in [2.45, 2.75) is 53.9 Å². The first-order valence-electron chi connectivity index (χ1n) is 6.77. The molecule has 0 radical (unpaired) electrons. The molecule has 0 saturated heterocycles. The average Bonchev–Trinajstić information content (AvgIpc) is 2.29. The molecule has 2 N–H and O–H groups in total. The van der Waals surface area contributed by atoms with Crippen LogP contribution in [0.3, 0.4) is 0 Å². The third kappa shape index (κ3) is 4.67. The van der Waals surface area contributed by atoms with Gasteiger partial charge in [0.05, 0.1) is 5.41 Å². The number of amides is 1. The molecular weight excluding hydrogens is 230 g/mol. The van der Waals surface area contributed by atoms with Crippen molar-refractivity contribution < 1.29 is 14.7 Å². The van der Waals surface area contributed by atoms with Gasteiger partial charge in [-0.05, 0) is 18.8 Å². The number of aliphatic carboxylic acids is 1. The van der Waals surface area contributed by atoms with Crippen LogP contribution in [0.5, 0.6) is 0 Å². The molecule has 0 aromatic heterocycles. The van der Waals surface area contributed by atoms with Crippen LogP contribution < -0.4 is 5.32 Å². The summed E-state index contributed by atoms with van der Waals surface area (Å²) in [4.78, 5) is 23.1. The van der Waals surface area contributed by atoms with Crippen molar-refractivity contribution in [2.75, 3.05) is 6.54 Å². The summed E-state index contributed by atoms with van der Waals surface area (Å²) >= 11 is 0. The van der Waals surface area contributed by atoms with Crippen LogP contribution in [0.4, 0.5) is 0 Å². The zero-order valence-electron chi connectivity index (χ0n) is 12.2. The van der Waals surface area contributed by atoms with Crippen molar-refractivity contribution >= 4 is 11.9 Å². The van der Waals surface area contributed by atoms with Gasteiger partial charge in [0.1, 0.15) is 0 Å². The number of carboxylic acids is 1. The van der Waals surface area contributed by atoms with Crippen molar-refractivity contribution in [3.8, 4) is 0 Å². The molecule has 0 aliphatic carbocycles. The highest BCUT2D eigenvalue weighted by Crippen LogP contribution is 2.31. The van der Waals surface area contributed by atoms with Gasteiger partial charge in [0, 0.05) is 13.0 Å². The number of nitrogens with one attached hydrogen (secondary N) is 1. The van der Waals surface area contributed by atoms with E-state index in [1.54, 1.807) is 6.92 Å². The van der Waals surface area contributed by atoms with Gasteiger partial charge in [-0.15, -0.1) is 0 Å². The Morgan fingerprint density at radius 3 is 2.06 bits per heavy atom. The Bertz CT molecular complexity index is 285. The third-order valence-corrected chi connectivity index (χ3v) is 4.03. The molecule has 0 aliphatic rings. The molecule has 0 rings (SSSR count). The molecule has 0 spiro atoms. The fourth-order valence-electron chi connectivity index (χ4n) is 1.76. The first kappa shape index (κ1) is 16.9.